The number of carbonyl (C=O) groups is 3. The number of H-pyrrole nitrogens is 1. The molecule has 0 bridgehead atoms. The number of fused-ring (bicyclic) bond motifs is 3. The van der Waals surface area contributed by atoms with Crippen molar-refractivity contribution >= 4 is 23.4 Å². The number of morpholine rings is 1. The number of amides is 3. The topological polar surface area (TPSA) is 129 Å². The first-order valence-corrected chi connectivity index (χ1v) is 14.0. The zero-order valence-electron chi connectivity index (χ0n) is 22.3. The summed E-state index contributed by atoms with van der Waals surface area (Å²) in [6.07, 6.45) is 5.50. The fourth-order valence-electron chi connectivity index (χ4n) is 6.46. The lowest BCUT2D eigenvalue weighted by Crippen LogP contribution is -2.49. The van der Waals surface area contributed by atoms with E-state index in [1.54, 1.807) is 18.2 Å². The first-order chi connectivity index (χ1) is 19.0. The molecule has 11 nitrogen and oxygen atoms in total. The van der Waals surface area contributed by atoms with Crippen molar-refractivity contribution in [1.82, 2.24) is 25.5 Å². The maximum absolute atomic E-state index is 13.7. The molecule has 39 heavy (non-hydrogen) atoms. The highest BCUT2D eigenvalue weighted by molar-refractivity contribution is 6.25. The number of benzene rings is 1. The van der Waals surface area contributed by atoms with Gasteiger partial charge in [0.1, 0.15) is 5.69 Å². The number of ether oxygens (including phenoxy) is 2. The van der Waals surface area contributed by atoms with Gasteiger partial charge in [-0.3, -0.25) is 20.1 Å². The normalized spacial score (nSPS) is 23.8. The van der Waals surface area contributed by atoms with Crippen molar-refractivity contribution in [3.63, 3.8) is 0 Å². The van der Waals surface area contributed by atoms with Crippen LogP contribution in [0.3, 0.4) is 0 Å². The summed E-state index contributed by atoms with van der Waals surface area (Å²) in [5.74, 6) is 0.340. The third kappa shape index (κ3) is 5.06. The molecule has 1 aromatic heterocycles. The van der Waals surface area contributed by atoms with E-state index in [0.29, 0.717) is 61.9 Å². The van der Waals surface area contributed by atoms with Crippen LogP contribution >= 0.6 is 0 Å². The summed E-state index contributed by atoms with van der Waals surface area (Å²) in [6, 6.07) is 5.05. The van der Waals surface area contributed by atoms with Gasteiger partial charge in [-0.05, 0) is 44.6 Å². The van der Waals surface area contributed by atoms with Gasteiger partial charge < -0.3 is 19.7 Å². The minimum Gasteiger partial charge on any atom is -0.381 e. The van der Waals surface area contributed by atoms with Crippen LogP contribution in [0, 0.1) is 5.92 Å². The standard InChI is InChI=1S/C28H36N6O5/c1-38-19-7-5-18(6-8-19)27(36)33-11-9-17(10-12-33)24-23-25(31-30-24)20-3-2-4-21(22(20)26(23)35)29-28(37)32-34-13-15-39-16-14-34/h2-4,17-19H,5-16H2,1H3,(H,30,31)(H2,29,32,37). The molecule has 4 aliphatic rings. The highest BCUT2D eigenvalue weighted by atomic mass is 16.5. The number of nitrogens with one attached hydrogen (secondary N) is 3. The number of urea groups is 1. The molecule has 0 atom stereocenters. The molecule has 6 rings (SSSR count). The lowest BCUT2D eigenvalue weighted by molar-refractivity contribution is -0.138. The molecule has 1 saturated carbocycles. The van der Waals surface area contributed by atoms with E-state index in [-0.39, 0.29) is 29.6 Å². The Morgan fingerprint density at radius 3 is 2.49 bits per heavy atom. The lowest BCUT2D eigenvalue weighted by atomic mass is 9.85. The van der Waals surface area contributed by atoms with Crippen molar-refractivity contribution in [3.8, 4) is 11.3 Å². The highest BCUT2D eigenvalue weighted by Gasteiger charge is 2.38. The summed E-state index contributed by atoms with van der Waals surface area (Å²) < 4.78 is 10.8. The van der Waals surface area contributed by atoms with Gasteiger partial charge in [0.05, 0.1) is 41.8 Å². The number of hydrogen-bond donors (Lipinski definition) is 3. The Labute approximate surface area is 227 Å². The van der Waals surface area contributed by atoms with Gasteiger partial charge in [0, 0.05) is 50.7 Å². The van der Waals surface area contributed by atoms with Crippen LogP contribution < -0.4 is 10.7 Å². The van der Waals surface area contributed by atoms with Crippen molar-refractivity contribution in [2.75, 3.05) is 51.8 Å². The second-order valence-corrected chi connectivity index (χ2v) is 10.9. The van der Waals surface area contributed by atoms with Gasteiger partial charge in [-0.1, -0.05) is 12.1 Å². The molecule has 0 spiro atoms. The fraction of sp³-hybridized carbons (Fsp3) is 0.571. The molecule has 3 fully saturated rings. The molecular weight excluding hydrogens is 500 g/mol. The molecule has 3 N–H and O–H groups in total. The second-order valence-electron chi connectivity index (χ2n) is 10.9. The molecule has 2 saturated heterocycles. The van der Waals surface area contributed by atoms with Crippen LogP contribution in [-0.2, 0) is 14.3 Å². The van der Waals surface area contributed by atoms with E-state index in [0.717, 1.165) is 49.8 Å². The Bertz CT molecular complexity index is 1240. The van der Waals surface area contributed by atoms with Gasteiger partial charge in [0.15, 0.2) is 5.78 Å². The summed E-state index contributed by atoms with van der Waals surface area (Å²) in [5, 5.41) is 12.3. The van der Waals surface area contributed by atoms with E-state index in [1.165, 1.54) is 0 Å². The van der Waals surface area contributed by atoms with Gasteiger partial charge in [0.25, 0.3) is 0 Å². The number of aromatic nitrogens is 2. The number of methoxy groups -OCH3 is 1. The van der Waals surface area contributed by atoms with Crippen LogP contribution in [-0.4, -0.2) is 90.4 Å². The largest absolute Gasteiger partial charge is 0.381 e. The highest BCUT2D eigenvalue weighted by Crippen LogP contribution is 2.43. The molecule has 0 unspecified atom stereocenters. The van der Waals surface area contributed by atoms with E-state index >= 15 is 0 Å². The summed E-state index contributed by atoms with van der Waals surface area (Å²) >= 11 is 0. The van der Waals surface area contributed by atoms with E-state index in [2.05, 4.69) is 20.9 Å². The maximum Gasteiger partial charge on any atom is 0.333 e. The molecule has 1 aromatic carbocycles. The third-order valence-electron chi connectivity index (χ3n) is 8.66. The summed E-state index contributed by atoms with van der Waals surface area (Å²) in [4.78, 5) is 41.5. The van der Waals surface area contributed by atoms with Crippen LogP contribution in [0.5, 0.6) is 0 Å². The zero-order chi connectivity index (χ0) is 26.9. The van der Waals surface area contributed by atoms with Crippen LogP contribution in [0.25, 0.3) is 11.3 Å². The molecule has 2 aliphatic carbocycles. The molecule has 11 heteroatoms. The molecule has 3 heterocycles. The Balaban J connectivity index is 1.11. The number of ketones is 1. The van der Waals surface area contributed by atoms with Crippen LogP contribution in [0.15, 0.2) is 18.2 Å². The SMILES string of the molecule is COC1CCC(C(=O)N2CCC(c3[nH]nc4c3C(=O)c3c(NC(=O)NN5CCOCC5)cccc3-4)CC2)CC1. The van der Waals surface area contributed by atoms with Gasteiger partial charge in [-0.2, -0.15) is 5.10 Å². The van der Waals surface area contributed by atoms with Crippen LogP contribution in [0.2, 0.25) is 0 Å². The molecule has 3 amide bonds. The van der Waals surface area contributed by atoms with Crippen molar-refractivity contribution in [2.45, 2.75) is 50.5 Å². The van der Waals surface area contributed by atoms with Gasteiger partial charge in [-0.25, -0.2) is 9.80 Å². The van der Waals surface area contributed by atoms with E-state index in [9.17, 15) is 14.4 Å². The number of aromatic amines is 1. The third-order valence-corrected chi connectivity index (χ3v) is 8.66. The smallest absolute Gasteiger partial charge is 0.333 e. The average Bonchev–Trinajstić information content (AvgIpc) is 3.53. The monoisotopic (exact) mass is 536 g/mol. The fourth-order valence-corrected chi connectivity index (χ4v) is 6.46. The predicted molar refractivity (Wildman–Crippen MR) is 143 cm³/mol. The number of hydrazine groups is 1. The number of piperidine rings is 1. The predicted octanol–water partition coefficient (Wildman–Crippen LogP) is 2.90. The first kappa shape index (κ1) is 26.0. The van der Waals surface area contributed by atoms with Crippen molar-refractivity contribution in [1.29, 1.82) is 0 Å². The Morgan fingerprint density at radius 1 is 1.03 bits per heavy atom. The summed E-state index contributed by atoms with van der Waals surface area (Å²) in [5.41, 5.74) is 6.55. The summed E-state index contributed by atoms with van der Waals surface area (Å²) in [6.45, 7) is 3.69. The molecule has 0 radical (unpaired) electrons. The first-order valence-electron chi connectivity index (χ1n) is 14.0. The zero-order valence-corrected chi connectivity index (χ0v) is 22.3. The van der Waals surface area contributed by atoms with Crippen LogP contribution in [0.4, 0.5) is 10.5 Å². The number of likely N-dealkylation sites (tertiary alicyclic amines) is 1. The Kier molecular flexibility index (Phi) is 7.37. The Hall–Kier alpha value is -3.28. The minimum absolute atomic E-state index is 0.0896. The van der Waals surface area contributed by atoms with Crippen LogP contribution in [0.1, 0.15) is 66.1 Å². The minimum atomic E-state index is -0.392. The molecule has 2 aliphatic heterocycles. The number of rotatable bonds is 5. The van der Waals surface area contributed by atoms with E-state index in [4.69, 9.17) is 9.47 Å². The van der Waals surface area contributed by atoms with Crippen molar-refractivity contribution < 1.29 is 23.9 Å². The van der Waals surface area contributed by atoms with E-state index < -0.39 is 6.03 Å². The molecule has 2 aromatic rings. The van der Waals surface area contributed by atoms with Gasteiger partial charge in [0.2, 0.25) is 5.91 Å². The van der Waals surface area contributed by atoms with Crippen molar-refractivity contribution in [2.24, 2.45) is 5.92 Å². The number of hydrogen-bond acceptors (Lipinski definition) is 7. The van der Waals surface area contributed by atoms with Crippen molar-refractivity contribution in [3.05, 3.63) is 35.0 Å². The second kappa shape index (κ2) is 11.1. The van der Waals surface area contributed by atoms with E-state index in [1.807, 2.05) is 17.0 Å². The summed E-state index contributed by atoms with van der Waals surface area (Å²) in [7, 11) is 1.74. The number of anilines is 1. The molecular formula is C28H36N6O5. The number of nitrogens with zero attached hydrogens (tertiary/aromatic N) is 3. The van der Waals surface area contributed by atoms with Gasteiger partial charge >= 0.3 is 6.03 Å². The maximum atomic E-state index is 13.7. The van der Waals surface area contributed by atoms with Gasteiger partial charge in [-0.15, -0.1) is 0 Å². The average molecular weight is 537 g/mol. The number of carbonyl (C=O) groups excluding carboxylic acids is 3. The quantitative estimate of drug-likeness (QED) is 0.457. The lowest BCUT2D eigenvalue weighted by Gasteiger charge is -2.36. The molecule has 208 valence electrons. The Morgan fingerprint density at radius 2 is 1.77 bits per heavy atom.